The van der Waals surface area contributed by atoms with Gasteiger partial charge in [0.2, 0.25) is 0 Å². The number of rotatable bonds is 5. The van der Waals surface area contributed by atoms with Crippen molar-refractivity contribution in [2.75, 3.05) is 25.1 Å². The smallest absolute Gasteiger partial charge is 0.423 e. The van der Waals surface area contributed by atoms with E-state index < -0.39 is 7.12 Å². The molecule has 1 rings (SSSR count). The summed E-state index contributed by atoms with van der Waals surface area (Å²) in [7, 11) is 0.658. The average Bonchev–Trinajstić information content (AvgIpc) is 2.30. The highest BCUT2D eigenvalue weighted by Gasteiger charge is 2.20. The third-order valence-corrected chi connectivity index (χ3v) is 2.53. The minimum absolute atomic E-state index is 0.823. The van der Waals surface area contributed by atoms with Crippen LogP contribution < -0.4 is 10.4 Å². The molecule has 1 aromatic carbocycles. The number of nitrogens with zero attached hydrogens (tertiary/aromatic N) is 1. The number of benzene rings is 1. The highest BCUT2D eigenvalue weighted by atomic mass is 16.5. The predicted molar refractivity (Wildman–Crippen MR) is 64.6 cm³/mol. The molecule has 1 aromatic rings. The molecule has 0 fully saturated rings. The molecule has 0 spiro atoms. The van der Waals surface area contributed by atoms with Crippen LogP contribution in [-0.2, 0) is 4.65 Å². The molecule has 0 bridgehead atoms. The molecule has 1 N–H and O–H groups in total. The minimum Gasteiger partial charge on any atom is -0.423 e. The van der Waals surface area contributed by atoms with Crippen LogP contribution in [0.3, 0.4) is 0 Å². The molecule has 0 saturated heterocycles. The number of para-hydroxylation sites is 1. The Morgan fingerprint density at radius 1 is 1.27 bits per heavy atom. The number of hydrogen-bond donors (Lipinski definition) is 1. The second-order valence-corrected chi connectivity index (χ2v) is 3.32. The van der Waals surface area contributed by atoms with Gasteiger partial charge in [-0.05, 0) is 19.9 Å². The molecule has 0 atom stereocenters. The normalized spacial score (nSPS) is 10.1. The van der Waals surface area contributed by atoms with E-state index in [4.69, 9.17) is 4.65 Å². The van der Waals surface area contributed by atoms with Crippen molar-refractivity contribution >= 4 is 18.3 Å². The molecule has 0 saturated carbocycles. The lowest BCUT2D eigenvalue weighted by atomic mass is 9.78. The molecule has 0 unspecified atom stereocenters. The SMILES string of the molecule is CCN(CC)c1ccccc1B(O)OC. The van der Waals surface area contributed by atoms with Crippen LogP contribution in [-0.4, -0.2) is 32.3 Å². The lowest BCUT2D eigenvalue weighted by Crippen LogP contribution is -2.38. The van der Waals surface area contributed by atoms with Crippen molar-refractivity contribution in [3.63, 3.8) is 0 Å². The van der Waals surface area contributed by atoms with Crippen molar-refractivity contribution in [1.82, 2.24) is 0 Å². The van der Waals surface area contributed by atoms with Crippen LogP contribution in [0.2, 0.25) is 0 Å². The van der Waals surface area contributed by atoms with Gasteiger partial charge in [0.05, 0.1) is 0 Å². The topological polar surface area (TPSA) is 32.7 Å². The van der Waals surface area contributed by atoms with Crippen LogP contribution in [0.5, 0.6) is 0 Å². The quantitative estimate of drug-likeness (QED) is 0.727. The van der Waals surface area contributed by atoms with Gasteiger partial charge in [0.25, 0.3) is 0 Å². The highest BCUT2D eigenvalue weighted by molar-refractivity contribution is 6.61. The molecular weight excluding hydrogens is 189 g/mol. The first-order valence-electron chi connectivity index (χ1n) is 5.29. The van der Waals surface area contributed by atoms with E-state index in [9.17, 15) is 5.02 Å². The Labute approximate surface area is 91.8 Å². The Hall–Kier alpha value is -0.995. The van der Waals surface area contributed by atoms with E-state index in [0.29, 0.717) is 0 Å². The zero-order chi connectivity index (χ0) is 11.3. The zero-order valence-electron chi connectivity index (χ0n) is 9.60. The van der Waals surface area contributed by atoms with Crippen LogP contribution in [0, 0.1) is 0 Å². The average molecular weight is 207 g/mol. The van der Waals surface area contributed by atoms with Crippen LogP contribution in [0.15, 0.2) is 24.3 Å². The second-order valence-electron chi connectivity index (χ2n) is 3.32. The summed E-state index contributed by atoms with van der Waals surface area (Å²) < 4.78 is 4.94. The summed E-state index contributed by atoms with van der Waals surface area (Å²) >= 11 is 0. The number of hydrogen-bond acceptors (Lipinski definition) is 3. The maximum absolute atomic E-state index is 9.70. The van der Waals surface area contributed by atoms with Gasteiger partial charge in [-0.1, -0.05) is 18.2 Å². The first-order chi connectivity index (χ1) is 7.24. The van der Waals surface area contributed by atoms with Crippen LogP contribution in [0.25, 0.3) is 0 Å². The first-order valence-corrected chi connectivity index (χ1v) is 5.29. The summed E-state index contributed by atoms with van der Waals surface area (Å²) in [5.41, 5.74) is 1.86. The van der Waals surface area contributed by atoms with Crippen LogP contribution >= 0.6 is 0 Å². The van der Waals surface area contributed by atoms with E-state index in [1.165, 1.54) is 7.11 Å². The van der Waals surface area contributed by atoms with E-state index in [1.54, 1.807) is 0 Å². The van der Waals surface area contributed by atoms with Gasteiger partial charge in [0, 0.05) is 31.3 Å². The van der Waals surface area contributed by atoms with Gasteiger partial charge in [0.15, 0.2) is 0 Å². The Bertz CT molecular complexity index is 302. The molecule has 0 heterocycles. The van der Waals surface area contributed by atoms with E-state index in [0.717, 1.165) is 24.2 Å². The van der Waals surface area contributed by atoms with Gasteiger partial charge in [-0.15, -0.1) is 0 Å². The summed E-state index contributed by atoms with van der Waals surface area (Å²) in [6.07, 6.45) is 0. The van der Waals surface area contributed by atoms with Crippen LogP contribution in [0.4, 0.5) is 5.69 Å². The fourth-order valence-electron chi connectivity index (χ4n) is 1.68. The Balaban J connectivity index is 3.04. The van der Waals surface area contributed by atoms with Crippen LogP contribution in [0.1, 0.15) is 13.8 Å². The lowest BCUT2D eigenvalue weighted by Gasteiger charge is -2.24. The van der Waals surface area contributed by atoms with Gasteiger partial charge in [-0.3, -0.25) is 0 Å². The summed E-state index contributed by atoms with van der Waals surface area (Å²) in [5, 5.41) is 9.70. The van der Waals surface area contributed by atoms with Gasteiger partial charge in [0.1, 0.15) is 0 Å². The van der Waals surface area contributed by atoms with Crippen molar-refractivity contribution in [2.45, 2.75) is 13.8 Å². The monoisotopic (exact) mass is 207 g/mol. The summed E-state index contributed by atoms with van der Waals surface area (Å²) in [4.78, 5) is 2.19. The molecule has 0 aliphatic heterocycles. The molecule has 0 aliphatic carbocycles. The lowest BCUT2D eigenvalue weighted by molar-refractivity contribution is 0.341. The van der Waals surface area contributed by atoms with Gasteiger partial charge in [-0.2, -0.15) is 0 Å². The molecule has 82 valence electrons. The Morgan fingerprint density at radius 3 is 2.40 bits per heavy atom. The second kappa shape index (κ2) is 5.78. The molecular formula is C11H18BNO2. The van der Waals surface area contributed by atoms with Gasteiger partial charge >= 0.3 is 7.12 Å². The molecule has 0 amide bonds. The highest BCUT2D eigenvalue weighted by Crippen LogP contribution is 2.11. The molecule has 3 nitrogen and oxygen atoms in total. The van der Waals surface area contributed by atoms with Crippen molar-refractivity contribution in [3.05, 3.63) is 24.3 Å². The fourth-order valence-corrected chi connectivity index (χ4v) is 1.68. The molecule has 4 heteroatoms. The molecule has 0 aromatic heterocycles. The van der Waals surface area contributed by atoms with E-state index in [1.807, 2.05) is 24.3 Å². The number of anilines is 1. The largest absolute Gasteiger partial charge is 0.493 e. The third-order valence-electron chi connectivity index (χ3n) is 2.53. The van der Waals surface area contributed by atoms with E-state index >= 15 is 0 Å². The third kappa shape index (κ3) is 2.73. The zero-order valence-corrected chi connectivity index (χ0v) is 9.60. The van der Waals surface area contributed by atoms with Crippen molar-refractivity contribution in [2.24, 2.45) is 0 Å². The minimum atomic E-state index is -0.846. The first kappa shape index (κ1) is 12.1. The van der Waals surface area contributed by atoms with Gasteiger partial charge in [-0.25, -0.2) is 0 Å². The fraction of sp³-hybridized carbons (Fsp3) is 0.455. The standard InChI is InChI=1S/C11H18BNO2/c1-4-13(5-2)11-9-7-6-8-10(11)12(14)15-3/h6-9,14H,4-5H2,1-3H3. The van der Waals surface area contributed by atoms with E-state index in [-0.39, 0.29) is 0 Å². The molecule has 0 radical (unpaired) electrons. The van der Waals surface area contributed by atoms with Crippen molar-refractivity contribution in [1.29, 1.82) is 0 Å². The Kier molecular flexibility index (Phi) is 4.65. The summed E-state index contributed by atoms with van der Waals surface area (Å²) in [6, 6.07) is 7.77. The maximum Gasteiger partial charge on any atom is 0.493 e. The van der Waals surface area contributed by atoms with Crippen molar-refractivity contribution in [3.8, 4) is 0 Å². The van der Waals surface area contributed by atoms with Crippen molar-refractivity contribution < 1.29 is 9.68 Å². The summed E-state index contributed by atoms with van der Waals surface area (Å²) in [6.45, 7) is 6.03. The molecule has 0 aliphatic rings. The molecule has 15 heavy (non-hydrogen) atoms. The maximum atomic E-state index is 9.70. The van der Waals surface area contributed by atoms with E-state index in [2.05, 4.69) is 18.7 Å². The summed E-state index contributed by atoms with van der Waals surface area (Å²) in [5.74, 6) is 0. The Morgan fingerprint density at radius 2 is 1.87 bits per heavy atom. The van der Waals surface area contributed by atoms with Gasteiger partial charge < -0.3 is 14.6 Å². The predicted octanol–water partition coefficient (Wildman–Crippen LogP) is 0.867.